The second-order valence-corrected chi connectivity index (χ2v) is 8.39. The van der Waals surface area contributed by atoms with Crippen LogP contribution in [0.2, 0.25) is 0 Å². The first-order valence-electron chi connectivity index (χ1n) is 8.73. The standard InChI is InChI=1S/C18H20F2N4O3S/c19-15-11-14(12-16(20)13-15)18(25)22-5-10-28(26,27)24-8-6-23(7-9-24)17-3-1-2-4-21-17/h1-4,11-13H,5-10H2,(H,22,25). The number of rotatable bonds is 6. The van der Waals surface area contributed by atoms with E-state index in [4.69, 9.17) is 0 Å². The monoisotopic (exact) mass is 410 g/mol. The Balaban J connectivity index is 1.50. The van der Waals surface area contributed by atoms with Crippen LogP contribution in [0.15, 0.2) is 42.6 Å². The third-order valence-corrected chi connectivity index (χ3v) is 6.25. The predicted molar refractivity (Wildman–Crippen MR) is 101 cm³/mol. The summed E-state index contributed by atoms with van der Waals surface area (Å²) in [7, 11) is -3.56. The van der Waals surface area contributed by atoms with Crippen LogP contribution in [0.3, 0.4) is 0 Å². The first-order chi connectivity index (χ1) is 13.3. The lowest BCUT2D eigenvalue weighted by Gasteiger charge is -2.34. The maximum atomic E-state index is 13.2. The Morgan fingerprint density at radius 2 is 1.75 bits per heavy atom. The van der Waals surface area contributed by atoms with Gasteiger partial charge in [0.05, 0.1) is 5.75 Å². The molecule has 1 amide bonds. The summed E-state index contributed by atoms with van der Waals surface area (Å²) in [6, 6.07) is 8.00. The average molecular weight is 410 g/mol. The number of carbonyl (C=O) groups excluding carboxylic acids is 1. The second kappa shape index (κ2) is 8.61. The molecule has 0 spiro atoms. The lowest BCUT2D eigenvalue weighted by Crippen LogP contribution is -2.50. The van der Waals surface area contributed by atoms with Gasteiger partial charge in [-0.25, -0.2) is 22.2 Å². The van der Waals surface area contributed by atoms with Crippen LogP contribution < -0.4 is 10.2 Å². The molecule has 0 aliphatic carbocycles. The molecule has 0 radical (unpaired) electrons. The molecule has 28 heavy (non-hydrogen) atoms. The fourth-order valence-electron chi connectivity index (χ4n) is 2.95. The minimum absolute atomic E-state index is 0.153. The molecular formula is C18H20F2N4O3S. The number of benzene rings is 1. The van der Waals surface area contributed by atoms with E-state index in [1.807, 2.05) is 23.1 Å². The van der Waals surface area contributed by atoms with E-state index in [0.29, 0.717) is 32.2 Å². The summed E-state index contributed by atoms with van der Waals surface area (Å²) >= 11 is 0. The van der Waals surface area contributed by atoms with E-state index in [-0.39, 0.29) is 17.9 Å². The number of pyridine rings is 1. The number of amides is 1. The molecule has 3 rings (SSSR count). The van der Waals surface area contributed by atoms with Crippen molar-refractivity contribution in [3.8, 4) is 0 Å². The number of nitrogens with one attached hydrogen (secondary N) is 1. The molecule has 1 aliphatic rings. The zero-order valence-electron chi connectivity index (χ0n) is 15.0. The van der Waals surface area contributed by atoms with Crippen LogP contribution in [0, 0.1) is 11.6 Å². The number of nitrogens with zero attached hydrogens (tertiary/aromatic N) is 3. The van der Waals surface area contributed by atoms with Gasteiger partial charge in [-0.2, -0.15) is 4.31 Å². The molecular weight excluding hydrogens is 390 g/mol. The number of piperazine rings is 1. The van der Waals surface area contributed by atoms with Gasteiger partial charge in [-0.05, 0) is 24.3 Å². The third-order valence-electron chi connectivity index (χ3n) is 4.38. The average Bonchev–Trinajstić information content (AvgIpc) is 2.68. The van der Waals surface area contributed by atoms with Gasteiger partial charge >= 0.3 is 0 Å². The summed E-state index contributed by atoms with van der Waals surface area (Å²) in [4.78, 5) is 18.2. The van der Waals surface area contributed by atoms with Gasteiger partial charge in [0.25, 0.3) is 5.91 Å². The Kier molecular flexibility index (Phi) is 6.20. The van der Waals surface area contributed by atoms with Gasteiger partial charge in [-0.1, -0.05) is 6.07 Å². The molecule has 1 aliphatic heterocycles. The van der Waals surface area contributed by atoms with Crippen molar-refractivity contribution in [3.05, 3.63) is 59.8 Å². The molecule has 0 saturated carbocycles. The molecule has 0 unspecified atom stereocenters. The Labute approximate surface area is 162 Å². The van der Waals surface area contributed by atoms with Crippen LogP contribution in [-0.2, 0) is 10.0 Å². The van der Waals surface area contributed by atoms with Crippen molar-refractivity contribution >= 4 is 21.7 Å². The highest BCUT2D eigenvalue weighted by molar-refractivity contribution is 7.89. The molecule has 2 heterocycles. The molecule has 0 atom stereocenters. The van der Waals surface area contributed by atoms with Crippen LogP contribution in [0.5, 0.6) is 0 Å². The van der Waals surface area contributed by atoms with Crippen molar-refractivity contribution in [2.24, 2.45) is 0 Å². The molecule has 150 valence electrons. The fourth-order valence-corrected chi connectivity index (χ4v) is 4.28. The summed E-state index contributed by atoms with van der Waals surface area (Å²) in [5.41, 5.74) is -0.195. The van der Waals surface area contributed by atoms with Gasteiger partial charge in [-0.3, -0.25) is 4.79 Å². The van der Waals surface area contributed by atoms with E-state index in [9.17, 15) is 22.0 Å². The van der Waals surface area contributed by atoms with E-state index >= 15 is 0 Å². The fraction of sp³-hybridized carbons (Fsp3) is 0.333. The third kappa shape index (κ3) is 5.02. The first kappa shape index (κ1) is 20.2. The van der Waals surface area contributed by atoms with Crippen molar-refractivity contribution in [3.63, 3.8) is 0 Å². The van der Waals surface area contributed by atoms with E-state index in [2.05, 4.69) is 10.3 Å². The number of anilines is 1. The number of aromatic nitrogens is 1. The van der Waals surface area contributed by atoms with Crippen LogP contribution in [0.4, 0.5) is 14.6 Å². The van der Waals surface area contributed by atoms with Gasteiger partial charge in [0, 0.05) is 50.6 Å². The van der Waals surface area contributed by atoms with Crippen molar-refractivity contribution in [1.82, 2.24) is 14.6 Å². The van der Waals surface area contributed by atoms with Crippen LogP contribution in [0.25, 0.3) is 0 Å². The van der Waals surface area contributed by atoms with Gasteiger partial charge in [0.1, 0.15) is 17.5 Å². The number of hydrogen-bond donors (Lipinski definition) is 1. The first-order valence-corrected chi connectivity index (χ1v) is 10.3. The molecule has 1 aromatic carbocycles. The number of sulfonamides is 1. The summed E-state index contributed by atoms with van der Waals surface area (Å²) in [5, 5.41) is 2.38. The Morgan fingerprint density at radius 3 is 2.36 bits per heavy atom. The van der Waals surface area contributed by atoms with E-state index in [1.165, 1.54) is 4.31 Å². The molecule has 7 nitrogen and oxygen atoms in total. The highest BCUT2D eigenvalue weighted by atomic mass is 32.2. The largest absolute Gasteiger partial charge is 0.354 e. The van der Waals surface area contributed by atoms with Crippen LogP contribution >= 0.6 is 0 Å². The Bertz CT molecular complexity index is 913. The highest BCUT2D eigenvalue weighted by Crippen LogP contribution is 2.14. The second-order valence-electron chi connectivity index (χ2n) is 6.30. The quantitative estimate of drug-likeness (QED) is 0.775. The lowest BCUT2D eigenvalue weighted by molar-refractivity contribution is 0.0955. The SMILES string of the molecule is O=C(NCCS(=O)(=O)N1CCN(c2ccccn2)CC1)c1cc(F)cc(F)c1. The zero-order valence-corrected chi connectivity index (χ0v) is 15.8. The van der Waals surface area contributed by atoms with Crippen LogP contribution in [-0.4, -0.2) is 62.1 Å². The van der Waals surface area contributed by atoms with Crippen molar-refractivity contribution in [2.45, 2.75) is 0 Å². The van der Waals surface area contributed by atoms with Gasteiger partial charge < -0.3 is 10.2 Å². The van der Waals surface area contributed by atoms with Gasteiger partial charge in [0.15, 0.2) is 0 Å². The summed E-state index contributed by atoms with van der Waals surface area (Å²) in [6.45, 7) is 1.53. The minimum atomic E-state index is -3.56. The summed E-state index contributed by atoms with van der Waals surface area (Å²) < 4.78 is 52.7. The molecule has 1 aromatic heterocycles. The number of hydrogen-bond acceptors (Lipinski definition) is 5. The van der Waals surface area contributed by atoms with Crippen molar-refractivity contribution in [1.29, 1.82) is 0 Å². The van der Waals surface area contributed by atoms with Crippen molar-refractivity contribution in [2.75, 3.05) is 43.4 Å². The topological polar surface area (TPSA) is 82.6 Å². The van der Waals surface area contributed by atoms with Gasteiger partial charge in [-0.15, -0.1) is 0 Å². The predicted octanol–water partition coefficient (Wildman–Crippen LogP) is 1.24. The minimum Gasteiger partial charge on any atom is -0.354 e. The maximum absolute atomic E-state index is 13.2. The van der Waals surface area contributed by atoms with Gasteiger partial charge in [0.2, 0.25) is 10.0 Å². The number of carbonyl (C=O) groups is 1. The molecule has 0 bridgehead atoms. The van der Waals surface area contributed by atoms with E-state index in [0.717, 1.165) is 18.0 Å². The smallest absolute Gasteiger partial charge is 0.251 e. The molecule has 1 N–H and O–H groups in total. The summed E-state index contributed by atoms with van der Waals surface area (Å²) in [5.74, 6) is -1.96. The molecule has 2 aromatic rings. The Morgan fingerprint density at radius 1 is 1.07 bits per heavy atom. The maximum Gasteiger partial charge on any atom is 0.251 e. The normalized spacial score (nSPS) is 15.4. The van der Waals surface area contributed by atoms with E-state index < -0.39 is 27.6 Å². The van der Waals surface area contributed by atoms with Crippen molar-refractivity contribution < 1.29 is 22.0 Å². The zero-order chi connectivity index (χ0) is 20.1. The molecule has 10 heteroatoms. The Hall–Kier alpha value is -2.59. The lowest BCUT2D eigenvalue weighted by atomic mass is 10.2. The highest BCUT2D eigenvalue weighted by Gasteiger charge is 2.27. The van der Waals surface area contributed by atoms with E-state index in [1.54, 1.807) is 6.20 Å². The summed E-state index contributed by atoms with van der Waals surface area (Å²) in [6.07, 6.45) is 1.69. The number of halogens is 2. The molecule has 1 saturated heterocycles. The molecule has 1 fully saturated rings. The van der Waals surface area contributed by atoms with Crippen LogP contribution in [0.1, 0.15) is 10.4 Å².